The molecule has 0 saturated heterocycles. The number of hydrogen-bond acceptors (Lipinski definition) is 1. The molecule has 0 fully saturated rings. The zero-order valence-electron chi connectivity index (χ0n) is 9.12. The molecule has 1 N–H and O–H groups in total. The van der Waals surface area contributed by atoms with Gasteiger partial charge in [0.2, 0.25) is 0 Å². The summed E-state index contributed by atoms with van der Waals surface area (Å²) < 4.78 is 0. The molecule has 0 radical (unpaired) electrons. The van der Waals surface area contributed by atoms with Crippen molar-refractivity contribution in [3.63, 3.8) is 0 Å². The molecule has 0 aliphatic carbocycles. The summed E-state index contributed by atoms with van der Waals surface area (Å²) in [6.45, 7) is 6.48. The van der Waals surface area contributed by atoms with Gasteiger partial charge in [-0.15, -0.1) is 0 Å². The standard InChI is InChI=1S/C13H18O/c1-13(2,3)10-6-8-11-7-4-5-9-12(11)14/h4-7,9-10,14H,8H2,1-3H3. The molecule has 0 aromatic heterocycles. The molecule has 0 bridgehead atoms. The third-order valence-electron chi connectivity index (χ3n) is 1.95. The van der Waals surface area contributed by atoms with E-state index in [9.17, 15) is 5.11 Å². The van der Waals surface area contributed by atoms with Crippen LogP contribution in [0.25, 0.3) is 0 Å². The third-order valence-corrected chi connectivity index (χ3v) is 1.95. The molecule has 1 aromatic carbocycles. The molecule has 76 valence electrons. The Bertz CT molecular complexity index is 318. The van der Waals surface area contributed by atoms with E-state index in [1.54, 1.807) is 6.07 Å². The first-order valence-electron chi connectivity index (χ1n) is 4.93. The van der Waals surface area contributed by atoms with Gasteiger partial charge in [0.1, 0.15) is 5.75 Å². The number of hydrogen-bond donors (Lipinski definition) is 1. The monoisotopic (exact) mass is 190 g/mol. The summed E-state index contributed by atoms with van der Waals surface area (Å²) in [6, 6.07) is 7.45. The summed E-state index contributed by atoms with van der Waals surface area (Å²) in [4.78, 5) is 0. The highest BCUT2D eigenvalue weighted by Crippen LogP contribution is 2.19. The van der Waals surface area contributed by atoms with Crippen molar-refractivity contribution in [3.8, 4) is 5.75 Å². The van der Waals surface area contributed by atoms with Crippen LogP contribution in [0.1, 0.15) is 26.3 Å². The van der Waals surface area contributed by atoms with Gasteiger partial charge < -0.3 is 5.11 Å². The fourth-order valence-corrected chi connectivity index (χ4v) is 1.22. The average molecular weight is 190 g/mol. The molecule has 0 unspecified atom stereocenters. The number of aromatic hydroxyl groups is 1. The fraction of sp³-hybridized carbons (Fsp3) is 0.385. The van der Waals surface area contributed by atoms with Crippen molar-refractivity contribution in [3.05, 3.63) is 42.0 Å². The van der Waals surface area contributed by atoms with Gasteiger partial charge in [-0.1, -0.05) is 51.1 Å². The van der Waals surface area contributed by atoms with Crippen molar-refractivity contribution >= 4 is 0 Å². The van der Waals surface area contributed by atoms with Crippen LogP contribution in [-0.2, 0) is 6.42 Å². The Morgan fingerprint density at radius 1 is 1.21 bits per heavy atom. The molecule has 1 aromatic rings. The van der Waals surface area contributed by atoms with E-state index in [0.29, 0.717) is 5.75 Å². The highest BCUT2D eigenvalue weighted by atomic mass is 16.3. The molecule has 14 heavy (non-hydrogen) atoms. The Balaban J connectivity index is 2.63. The summed E-state index contributed by atoms with van der Waals surface area (Å²) in [6.07, 6.45) is 5.07. The van der Waals surface area contributed by atoms with Crippen molar-refractivity contribution in [1.82, 2.24) is 0 Å². The minimum absolute atomic E-state index is 0.213. The van der Waals surface area contributed by atoms with Crippen molar-refractivity contribution in [2.24, 2.45) is 5.41 Å². The molecular weight excluding hydrogens is 172 g/mol. The van der Waals surface area contributed by atoms with Gasteiger partial charge in [-0.05, 0) is 23.5 Å². The minimum Gasteiger partial charge on any atom is -0.508 e. The van der Waals surface area contributed by atoms with E-state index < -0.39 is 0 Å². The molecule has 1 rings (SSSR count). The summed E-state index contributed by atoms with van der Waals surface area (Å²) >= 11 is 0. The van der Waals surface area contributed by atoms with E-state index in [0.717, 1.165) is 12.0 Å². The first-order chi connectivity index (χ1) is 6.49. The molecule has 1 heteroatoms. The zero-order valence-corrected chi connectivity index (χ0v) is 9.12. The fourth-order valence-electron chi connectivity index (χ4n) is 1.22. The Hall–Kier alpha value is -1.24. The number of allylic oxidation sites excluding steroid dienone is 2. The second kappa shape index (κ2) is 4.32. The molecular formula is C13H18O. The van der Waals surface area contributed by atoms with Crippen LogP contribution in [0.3, 0.4) is 0 Å². The summed E-state index contributed by atoms with van der Waals surface area (Å²) in [7, 11) is 0. The first kappa shape index (κ1) is 10.8. The molecule has 0 heterocycles. The SMILES string of the molecule is CC(C)(C)C=CCc1ccccc1O. The summed E-state index contributed by atoms with van der Waals surface area (Å²) in [5.74, 6) is 0.381. The Labute approximate surface area is 86.1 Å². The van der Waals surface area contributed by atoms with Crippen LogP contribution in [0.2, 0.25) is 0 Å². The Morgan fingerprint density at radius 3 is 2.43 bits per heavy atom. The van der Waals surface area contributed by atoms with E-state index in [-0.39, 0.29) is 5.41 Å². The highest BCUT2D eigenvalue weighted by Gasteiger charge is 2.03. The van der Waals surface area contributed by atoms with E-state index in [4.69, 9.17) is 0 Å². The largest absolute Gasteiger partial charge is 0.508 e. The maximum Gasteiger partial charge on any atom is 0.119 e. The average Bonchev–Trinajstić information content (AvgIpc) is 2.06. The van der Waals surface area contributed by atoms with Crippen LogP contribution in [0.15, 0.2) is 36.4 Å². The molecule has 0 aliphatic rings. The predicted molar refractivity (Wildman–Crippen MR) is 60.4 cm³/mol. The third kappa shape index (κ3) is 3.65. The smallest absolute Gasteiger partial charge is 0.119 e. The second-order valence-corrected chi connectivity index (χ2v) is 4.60. The molecule has 0 amide bonds. The van der Waals surface area contributed by atoms with Crippen LogP contribution in [0.4, 0.5) is 0 Å². The summed E-state index contributed by atoms with van der Waals surface area (Å²) in [5, 5.41) is 9.51. The van der Waals surface area contributed by atoms with E-state index in [1.165, 1.54) is 0 Å². The summed E-state index contributed by atoms with van der Waals surface area (Å²) in [5.41, 5.74) is 1.19. The van der Waals surface area contributed by atoms with E-state index in [1.807, 2.05) is 18.2 Å². The van der Waals surface area contributed by atoms with Gasteiger partial charge in [-0.2, -0.15) is 0 Å². The number of benzene rings is 1. The molecule has 0 atom stereocenters. The van der Waals surface area contributed by atoms with Crippen LogP contribution in [-0.4, -0.2) is 5.11 Å². The van der Waals surface area contributed by atoms with Gasteiger partial charge >= 0.3 is 0 Å². The normalized spacial score (nSPS) is 12.2. The van der Waals surface area contributed by atoms with Crippen LogP contribution in [0, 0.1) is 5.41 Å². The van der Waals surface area contributed by atoms with Gasteiger partial charge in [0, 0.05) is 0 Å². The molecule has 0 saturated carbocycles. The maximum atomic E-state index is 9.51. The lowest BCUT2D eigenvalue weighted by Gasteiger charge is -2.11. The Morgan fingerprint density at radius 2 is 1.86 bits per heavy atom. The molecule has 0 aliphatic heterocycles. The van der Waals surface area contributed by atoms with Crippen molar-refractivity contribution in [1.29, 1.82) is 0 Å². The van der Waals surface area contributed by atoms with Crippen LogP contribution in [0.5, 0.6) is 5.75 Å². The van der Waals surface area contributed by atoms with E-state index >= 15 is 0 Å². The lowest BCUT2D eigenvalue weighted by molar-refractivity contribution is 0.469. The quantitative estimate of drug-likeness (QED) is 0.707. The second-order valence-electron chi connectivity index (χ2n) is 4.60. The Kier molecular flexibility index (Phi) is 3.34. The van der Waals surface area contributed by atoms with Crippen LogP contribution < -0.4 is 0 Å². The van der Waals surface area contributed by atoms with Crippen LogP contribution >= 0.6 is 0 Å². The van der Waals surface area contributed by atoms with Gasteiger partial charge in [0.15, 0.2) is 0 Å². The van der Waals surface area contributed by atoms with Gasteiger partial charge in [0.25, 0.3) is 0 Å². The topological polar surface area (TPSA) is 20.2 Å². The number of para-hydroxylation sites is 1. The van der Waals surface area contributed by atoms with Crippen molar-refractivity contribution in [2.45, 2.75) is 27.2 Å². The number of rotatable bonds is 2. The van der Waals surface area contributed by atoms with Crippen molar-refractivity contribution < 1.29 is 5.11 Å². The lowest BCUT2D eigenvalue weighted by Crippen LogP contribution is -1.98. The number of phenols is 1. The highest BCUT2D eigenvalue weighted by molar-refractivity contribution is 5.33. The van der Waals surface area contributed by atoms with Gasteiger partial charge in [-0.25, -0.2) is 0 Å². The van der Waals surface area contributed by atoms with Gasteiger partial charge in [0.05, 0.1) is 0 Å². The molecule has 1 nitrogen and oxygen atoms in total. The maximum absolute atomic E-state index is 9.51. The zero-order chi connectivity index (χ0) is 10.6. The van der Waals surface area contributed by atoms with E-state index in [2.05, 4.69) is 32.9 Å². The molecule has 0 spiro atoms. The number of phenolic OH excluding ortho intramolecular Hbond substituents is 1. The van der Waals surface area contributed by atoms with Gasteiger partial charge in [-0.3, -0.25) is 0 Å². The lowest BCUT2D eigenvalue weighted by atomic mass is 9.95. The first-order valence-corrected chi connectivity index (χ1v) is 4.93. The van der Waals surface area contributed by atoms with Crippen molar-refractivity contribution in [2.75, 3.05) is 0 Å². The minimum atomic E-state index is 0.213. The predicted octanol–water partition coefficient (Wildman–Crippen LogP) is 3.54.